The number of H-pyrrole nitrogens is 1. The number of hydrogen-bond donors (Lipinski definition) is 2. The Labute approximate surface area is 198 Å². The number of carbonyl (C=O) groups is 1. The normalized spacial score (nSPS) is 18.1. The Balaban J connectivity index is 1.75. The number of benzene rings is 1. The Kier molecular flexibility index (Phi) is 6.39. The lowest BCUT2D eigenvalue weighted by Gasteiger charge is -2.28. The highest BCUT2D eigenvalue weighted by Gasteiger charge is 2.38. The molecule has 1 aromatic heterocycles. The minimum absolute atomic E-state index is 0.00717. The number of aromatic amines is 1. The quantitative estimate of drug-likeness (QED) is 0.700. The van der Waals surface area contributed by atoms with Crippen LogP contribution in [0.1, 0.15) is 50.4 Å². The van der Waals surface area contributed by atoms with E-state index in [9.17, 15) is 10.1 Å². The van der Waals surface area contributed by atoms with Gasteiger partial charge < -0.3 is 29.6 Å². The number of rotatable bonds is 4. The fraction of sp³-hybridized carbons (Fsp3) is 0.458. The molecule has 0 spiro atoms. The second-order valence-electron chi connectivity index (χ2n) is 9.10. The third-order valence-electron chi connectivity index (χ3n) is 5.76. The fourth-order valence-corrected chi connectivity index (χ4v) is 4.11. The van der Waals surface area contributed by atoms with Gasteiger partial charge >= 0.3 is 6.09 Å². The average Bonchev–Trinajstić information content (AvgIpc) is 3.24. The first kappa shape index (κ1) is 23.4. The number of amides is 1. The van der Waals surface area contributed by atoms with Gasteiger partial charge in [-0.05, 0) is 24.6 Å². The van der Waals surface area contributed by atoms with Crippen molar-refractivity contribution in [2.75, 3.05) is 32.9 Å². The standard InChI is InChI=1S/C24H29N5O5/c1-5-32-17-12-14(6-7-16(17)33-23(30)29-8-10-31-11-9-29)18-15(13-25)21(26)34-22-19(18)20(27-28-22)24(2,3)4/h6-7,12,18H,5,8-11,26H2,1-4H3,(H,27,28). The van der Waals surface area contributed by atoms with Crippen LogP contribution in [0, 0.1) is 11.3 Å². The summed E-state index contributed by atoms with van der Waals surface area (Å²) in [6.07, 6.45) is -0.461. The molecule has 0 radical (unpaired) electrons. The van der Waals surface area contributed by atoms with Gasteiger partial charge in [-0.3, -0.25) is 5.10 Å². The zero-order valence-corrected chi connectivity index (χ0v) is 19.8. The summed E-state index contributed by atoms with van der Waals surface area (Å²) in [5, 5.41) is 17.3. The first-order valence-corrected chi connectivity index (χ1v) is 11.2. The fourth-order valence-electron chi connectivity index (χ4n) is 4.11. The van der Waals surface area contributed by atoms with Gasteiger partial charge in [0.1, 0.15) is 11.6 Å². The minimum atomic E-state index is -0.523. The van der Waals surface area contributed by atoms with Gasteiger partial charge in [0, 0.05) is 24.2 Å². The Morgan fingerprint density at radius 1 is 1.32 bits per heavy atom. The molecule has 1 atom stereocenters. The largest absolute Gasteiger partial charge is 0.490 e. The first-order chi connectivity index (χ1) is 16.2. The van der Waals surface area contributed by atoms with Crippen molar-refractivity contribution in [1.29, 1.82) is 5.26 Å². The molecule has 1 saturated heterocycles. The van der Waals surface area contributed by atoms with E-state index in [0.717, 1.165) is 16.8 Å². The van der Waals surface area contributed by atoms with Crippen molar-refractivity contribution >= 4 is 6.09 Å². The van der Waals surface area contributed by atoms with Crippen molar-refractivity contribution in [2.24, 2.45) is 5.73 Å². The van der Waals surface area contributed by atoms with E-state index in [-0.39, 0.29) is 16.9 Å². The molecule has 3 heterocycles. The van der Waals surface area contributed by atoms with E-state index in [2.05, 4.69) is 16.3 Å². The van der Waals surface area contributed by atoms with Crippen molar-refractivity contribution in [2.45, 2.75) is 39.0 Å². The van der Waals surface area contributed by atoms with Crippen LogP contribution in [0.4, 0.5) is 4.79 Å². The van der Waals surface area contributed by atoms with Crippen LogP contribution in [0.5, 0.6) is 17.4 Å². The lowest BCUT2D eigenvalue weighted by atomic mass is 9.79. The molecule has 0 saturated carbocycles. The topological polar surface area (TPSA) is 136 Å². The molecule has 2 aromatic rings. The summed E-state index contributed by atoms with van der Waals surface area (Å²) in [4.78, 5) is 14.2. The summed E-state index contributed by atoms with van der Waals surface area (Å²) in [5.41, 5.74) is 8.41. The zero-order chi connectivity index (χ0) is 24.5. The highest BCUT2D eigenvalue weighted by molar-refractivity contribution is 5.72. The van der Waals surface area contributed by atoms with Gasteiger partial charge in [-0.15, -0.1) is 5.10 Å². The molecule has 180 valence electrons. The van der Waals surface area contributed by atoms with Crippen LogP contribution in [0.15, 0.2) is 29.7 Å². The van der Waals surface area contributed by atoms with Crippen molar-refractivity contribution in [3.63, 3.8) is 0 Å². The van der Waals surface area contributed by atoms with E-state index in [0.29, 0.717) is 50.3 Å². The number of fused-ring (bicyclic) bond motifs is 1. The van der Waals surface area contributed by atoms with Crippen LogP contribution < -0.4 is 19.9 Å². The monoisotopic (exact) mass is 467 g/mol. The minimum Gasteiger partial charge on any atom is -0.490 e. The predicted octanol–water partition coefficient (Wildman–Crippen LogP) is 3.16. The van der Waals surface area contributed by atoms with E-state index in [1.165, 1.54) is 0 Å². The van der Waals surface area contributed by atoms with Crippen molar-refractivity contribution in [3.8, 4) is 23.4 Å². The number of nitriles is 1. The summed E-state index contributed by atoms with van der Waals surface area (Å²) in [7, 11) is 0. The van der Waals surface area contributed by atoms with Gasteiger partial charge in [0.05, 0.1) is 31.3 Å². The number of allylic oxidation sites excluding steroid dienone is 1. The maximum Gasteiger partial charge on any atom is 0.415 e. The Morgan fingerprint density at radius 3 is 2.71 bits per heavy atom. The highest BCUT2D eigenvalue weighted by Crippen LogP contribution is 2.47. The average molecular weight is 468 g/mol. The van der Waals surface area contributed by atoms with Crippen LogP contribution in [-0.2, 0) is 10.2 Å². The number of nitrogens with one attached hydrogen (secondary N) is 1. The summed E-state index contributed by atoms with van der Waals surface area (Å²) >= 11 is 0. The van der Waals surface area contributed by atoms with Gasteiger partial charge in [0.25, 0.3) is 0 Å². The molecule has 1 fully saturated rings. The Hall–Kier alpha value is -3.71. The smallest absolute Gasteiger partial charge is 0.415 e. The van der Waals surface area contributed by atoms with Crippen LogP contribution in [0.3, 0.4) is 0 Å². The number of morpholine rings is 1. The first-order valence-electron chi connectivity index (χ1n) is 11.2. The van der Waals surface area contributed by atoms with Gasteiger partial charge in [0.2, 0.25) is 11.8 Å². The summed E-state index contributed by atoms with van der Waals surface area (Å²) < 4.78 is 22.4. The van der Waals surface area contributed by atoms with E-state index >= 15 is 0 Å². The number of aromatic nitrogens is 2. The second kappa shape index (κ2) is 9.27. The molecule has 34 heavy (non-hydrogen) atoms. The summed E-state index contributed by atoms with van der Waals surface area (Å²) in [6, 6.07) is 7.45. The molecular formula is C24H29N5O5. The van der Waals surface area contributed by atoms with Crippen molar-refractivity contribution < 1.29 is 23.7 Å². The molecule has 1 amide bonds. The van der Waals surface area contributed by atoms with E-state index in [1.807, 2.05) is 27.7 Å². The SMILES string of the molecule is CCOc1cc(C2C(C#N)=C(N)Oc3n[nH]c(C(C)(C)C)c32)ccc1OC(=O)N1CCOCC1. The van der Waals surface area contributed by atoms with E-state index < -0.39 is 12.0 Å². The third-order valence-corrected chi connectivity index (χ3v) is 5.76. The molecular weight excluding hydrogens is 438 g/mol. The summed E-state index contributed by atoms with van der Waals surface area (Å²) in [6.45, 7) is 10.2. The maximum atomic E-state index is 12.6. The molecule has 2 aliphatic rings. The van der Waals surface area contributed by atoms with Crippen molar-refractivity contribution in [3.05, 3.63) is 46.5 Å². The van der Waals surface area contributed by atoms with E-state index in [1.54, 1.807) is 23.1 Å². The Bertz CT molecular complexity index is 1150. The van der Waals surface area contributed by atoms with Crippen LogP contribution >= 0.6 is 0 Å². The zero-order valence-electron chi connectivity index (χ0n) is 19.8. The number of hydrogen-bond acceptors (Lipinski definition) is 8. The van der Waals surface area contributed by atoms with Crippen LogP contribution in [-0.4, -0.2) is 54.1 Å². The Morgan fingerprint density at radius 2 is 2.06 bits per heavy atom. The van der Waals surface area contributed by atoms with Crippen LogP contribution in [0.2, 0.25) is 0 Å². The molecule has 4 rings (SSSR count). The lowest BCUT2D eigenvalue weighted by molar-refractivity contribution is 0.0413. The van der Waals surface area contributed by atoms with E-state index in [4.69, 9.17) is 24.7 Å². The third kappa shape index (κ3) is 4.39. The molecule has 0 aliphatic carbocycles. The molecule has 1 unspecified atom stereocenters. The second-order valence-corrected chi connectivity index (χ2v) is 9.10. The van der Waals surface area contributed by atoms with Crippen LogP contribution in [0.25, 0.3) is 0 Å². The molecule has 2 aliphatic heterocycles. The maximum absolute atomic E-state index is 12.6. The number of nitrogens with two attached hydrogens (primary N) is 1. The van der Waals surface area contributed by atoms with Crippen molar-refractivity contribution in [1.82, 2.24) is 15.1 Å². The molecule has 3 N–H and O–H groups in total. The predicted molar refractivity (Wildman–Crippen MR) is 123 cm³/mol. The van der Waals surface area contributed by atoms with Gasteiger partial charge in [-0.2, -0.15) is 5.26 Å². The molecule has 1 aromatic carbocycles. The number of nitrogens with zero attached hydrogens (tertiary/aromatic N) is 3. The lowest BCUT2D eigenvalue weighted by Crippen LogP contribution is -2.42. The molecule has 10 heteroatoms. The molecule has 0 bridgehead atoms. The van der Waals surface area contributed by atoms with Gasteiger partial charge in [-0.1, -0.05) is 26.8 Å². The molecule has 10 nitrogen and oxygen atoms in total. The highest BCUT2D eigenvalue weighted by atomic mass is 16.6. The number of ether oxygens (including phenoxy) is 4. The van der Waals surface area contributed by atoms with Gasteiger partial charge in [-0.25, -0.2) is 4.79 Å². The van der Waals surface area contributed by atoms with Gasteiger partial charge in [0.15, 0.2) is 11.5 Å². The number of carbonyl (C=O) groups excluding carboxylic acids is 1. The summed E-state index contributed by atoms with van der Waals surface area (Å²) in [5.74, 6) is 0.518.